The van der Waals surface area contributed by atoms with Crippen molar-refractivity contribution in [2.75, 3.05) is 12.8 Å². The summed E-state index contributed by atoms with van der Waals surface area (Å²) in [5.41, 5.74) is 1.49. The molecule has 3 heterocycles. The second-order valence-electron chi connectivity index (χ2n) is 6.47. The summed E-state index contributed by atoms with van der Waals surface area (Å²) in [7, 11) is -3.47. The number of carbonyl (C=O) groups excluding carboxylic acids is 1. The van der Waals surface area contributed by atoms with Crippen LogP contribution in [-0.2, 0) is 15.3 Å². The minimum absolute atomic E-state index is 0.0832. The highest BCUT2D eigenvalue weighted by Gasteiger charge is 2.43. The van der Waals surface area contributed by atoms with Gasteiger partial charge in [-0.2, -0.15) is 0 Å². The summed E-state index contributed by atoms with van der Waals surface area (Å²) in [5, 5.41) is 2.85. The van der Waals surface area contributed by atoms with E-state index in [0.717, 1.165) is 42.2 Å². The Bertz CT molecular complexity index is 911. The predicted molar refractivity (Wildman–Crippen MR) is 87.6 cm³/mol. The number of sulfone groups is 1. The van der Waals surface area contributed by atoms with Gasteiger partial charge < -0.3 is 5.32 Å². The number of amides is 1. The van der Waals surface area contributed by atoms with E-state index in [4.69, 9.17) is 0 Å². The molecule has 6 nitrogen and oxygen atoms in total. The van der Waals surface area contributed by atoms with Crippen LogP contribution in [0.4, 0.5) is 0 Å². The van der Waals surface area contributed by atoms with Crippen molar-refractivity contribution in [1.82, 2.24) is 15.3 Å². The molecule has 0 bridgehead atoms. The maximum Gasteiger partial charge on any atom is 0.261 e. The average Bonchev–Trinajstić information content (AvgIpc) is 2.92. The molecule has 0 aromatic carbocycles. The van der Waals surface area contributed by atoms with Gasteiger partial charge in [0.2, 0.25) is 15.0 Å². The van der Waals surface area contributed by atoms with Crippen molar-refractivity contribution in [2.45, 2.75) is 42.7 Å². The van der Waals surface area contributed by atoms with Crippen LogP contribution in [0.5, 0.6) is 0 Å². The highest BCUT2D eigenvalue weighted by atomic mass is 32.2. The molecule has 1 aliphatic heterocycles. The lowest BCUT2D eigenvalue weighted by molar-refractivity contribution is 0.0919. The van der Waals surface area contributed by atoms with Gasteiger partial charge >= 0.3 is 0 Å². The van der Waals surface area contributed by atoms with Crippen molar-refractivity contribution in [1.29, 1.82) is 0 Å². The van der Waals surface area contributed by atoms with Gasteiger partial charge in [-0.15, -0.1) is 11.3 Å². The SMILES string of the molecule is CS(=O)(=O)c1ncc2sc3c(c2n1)C1(CCCCC1)CNC3=O. The highest BCUT2D eigenvalue weighted by Crippen LogP contribution is 2.47. The number of hydrogen-bond acceptors (Lipinski definition) is 6. The quantitative estimate of drug-likeness (QED) is 0.794. The van der Waals surface area contributed by atoms with Crippen LogP contribution in [0, 0.1) is 0 Å². The lowest BCUT2D eigenvalue weighted by Crippen LogP contribution is -2.47. The topological polar surface area (TPSA) is 89.0 Å². The molecule has 0 saturated heterocycles. The van der Waals surface area contributed by atoms with Crippen LogP contribution >= 0.6 is 11.3 Å². The summed E-state index contributed by atoms with van der Waals surface area (Å²) in [6.45, 7) is 0.614. The fourth-order valence-corrected chi connectivity index (χ4v) is 5.43. The van der Waals surface area contributed by atoms with Crippen molar-refractivity contribution >= 4 is 37.3 Å². The van der Waals surface area contributed by atoms with Crippen LogP contribution < -0.4 is 5.32 Å². The number of fused-ring (bicyclic) bond motifs is 4. The molecular formula is C15H17N3O3S2. The standard InChI is InChI=1S/C15H17N3O3S2/c1-23(20,21)14-16-7-9-11(18-14)10-12(22-9)13(19)17-8-15(10)5-3-2-4-6-15/h7H,2-6,8H2,1H3,(H,17,19). The number of aromatic nitrogens is 2. The third-order valence-corrected chi connectivity index (χ3v) is 6.85. The maximum atomic E-state index is 12.3. The summed E-state index contributed by atoms with van der Waals surface area (Å²) < 4.78 is 24.4. The molecule has 0 radical (unpaired) electrons. The summed E-state index contributed by atoms with van der Waals surface area (Å²) in [6, 6.07) is 0. The molecule has 1 aliphatic carbocycles. The lowest BCUT2D eigenvalue weighted by atomic mass is 9.68. The smallest absolute Gasteiger partial charge is 0.261 e. The first-order chi connectivity index (χ1) is 10.9. The first-order valence-electron chi connectivity index (χ1n) is 7.69. The van der Waals surface area contributed by atoms with E-state index in [9.17, 15) is 13.2 Å². The number of thiophene rings is 1. The number of carbonyl (C=O) groups is 1. The molecule has 23 heavy (non-hydrogen) atoms. The first-order valence-corrected chi connectivity index (χ1v) is 10.4. The fraction of sp³-hybridized carbons (Fsp3) is 0.533. The molecule has 1 amide bonds. The molecule has 8 heteroatoms. The molecule has 2 aliphatic rings. The third kappa shape index (κ3) is 2.27. The van der Waals surface area contributed by atoms with E-state index in [2.05, 4.69) is 15.3 Å². The number of nitrogens with one attached hydrogen (secondary N) is 1. The number of rotatable bonds is 1. The monoisotopic (exact) mass is 351 g/mol. The van der Waals surface area contributed by atoms with Gasteiger partial charge in [-0.3, -0.25) is 4.79 Å². The molecule has 1 spiro atoms. The molecule has 4 rings (SSSR count). The van der Waals surface area contributed by atoms with Gasteiger partial charge in [0.05, 0.1) is 15.1 Å². The van der Waals surface area contributed by atoms with Crippen molar-refractivity contribution < 1.29 is 13.2 Å². The summed E-state index contributed by atoms with van der Waals surface area (Å²) in [4.78, 5) is 21.3. The first kappa shape index (κ1) is 15.0. The van der Waals surface area contributed by atoms with E-state index in [0.29, 0.717) is 16.9 Å². The molecule has 122 valence electrons. The van der Waals surface area contributed by atoms with E-state index in [1.807, 2.05) is 0 Å². The van der Waals surface area contributed by atoms with Gasteiger partial charge in [0.1, 0.15) is 0 Å². The normalized spacial score (nSPS) is 20.5. The molecule has 1 N–H and O–H groups in total. The van der Waals surface area contributed by atoms with Crippen molar-refractivity contribution in [3.63, 3.8) is 0 Å². The Labute approximate surface area is 138 Å². The predicted octanol–water partition coefficient (Wildman–Crippen LogP) is 2.04. The van der Waals surface area contributed by atoms with Gasteiger partial charge in [-0.1, -0.05) is 19.3 Å². The summed E-state index contributed by atoms with van der Waals surface area (Å²) >= 11 is 1.36. The van der Waals surface area contributed by atoms with Crippen LogP contribution in [0.25, 0.3) is 10.2 Å². The van der Waals surface area contributed by atoms with Crippen molar-refractivity contribution in [3.05, 3.63) is 16.6 Å². The zero-order chi connectivity index (χ0) is 16.2. The summed E-state index contributed by atoms with van der Waals surface area (Å²) in [5.74, 6) is -0.0832. The molecule has 1 saturated carbocycles. The van der Waals surface area contributed by atoms with Gasteiger partial charge in [0.25, 0.3) is 5.91 Å². The molecule has 2 aromatic rings. The Morgan fingerprint density at radius 2 is 2.00 bits per heavy atom. The Kier molecular flexibility index (Phi) is 3.25. The van der Waals surface area contributed by atoms with E-state index in [-0.39, 0.29) is 16.5 Å². The lowest BCUT2D eigenvalue weighted by Gasteiger charge is -2.40. The van der Waals surface area contributed by atoms with Crippen molar-refractivity contribution in [3.8, 4) is 0 Å². The van der Waals surface area contributed by atoms with Gasteiger partial charge in [-0.05, 0) is 12.8 Å². The Balaban J connectivity index is 2.02. The van der Waals surface area contributed by atoms with Crippen LogP contribution in [0.15, 0.2) is 11.4 Å². The second-order valence-corrected chi connectivity index (χ2v) is 9.43. The Morgan fingerprint density at radius 1 is 1.26 bits per heavy atom. The van der Waals surface area contributed by atoms with Gasteiger partial charge in [0, 0.05) is 30.0 Å². The summed E-state index contributed by atoms with van der Waals surface area (Å²) in [6.07, 6.45) is 8.10. The van der Waals surface area contributed by atoms with E-state index >= 15 is 0 Å². The Morgan fingerprint density at radius 3 is 2.70 bits per heavy atom. The zero-order valence-corrected chi connectivity index (χ0v) is 14.4. The Hall–Kier alpha value is -1.54. The second kappa shape index (κ2) is 4.98. The van der Waals surface area contributed by atoms with E-state index in [1.165, 1.54) is 24.0 Å². The molecule has 2 aromatic heterocycles. The molecule has 0 atom stereocenters. The maximum absolute atomic E-state index is 12.3. The van der Waals surface area contributed by atoms with Crippen LogP contribution in [0.3, 0.4) is 0 Å². The van der Waals surface area contributed by atoms with Crippen LogP contribution in [0.1, 0.15) is 47.3 Å². The highest BCUT2D eigenvalue weighted by molar-refractivity contribution is 7.90. The third-order valence-electron chi connectivity index (χ3n) is 4.88. The number of nitrogens with zero attached hydrogens (tertiary/aromatic N) is 2. The van der Waals surface area contributed by atoms with Gasteiger partial charge in [-0.25, -0.2) is 18.4 Å². The molecule has 0 unspecified atom stereocenters. The average molecular weight is 351 g/mol. The zero-order valence-electron chi connectivity index (χ0n) is 12.8. The largest absolute Gasteiger partial charge is 0.350 e. The fourth-order valence-electron chi connectivity index (χ4n) is 3.78. The van der Waals surface area contributed by atoms with E-state index in [1.54, 1.807) is 0 Å². The van der Waals surface area contributed by atoms with Crippen LogP contribution in [0.2, 0.25) is 0 Å². The minimum atomic E-state index is -3.47. The van der Waals surface area contributed by atoms with Crippen molar-refractivity contribution in [2.24, 2.45) is 0 Å². The molecular weight excluding hydrogens is 334 g/mol. The van der Waals surface area contributed by atoms with Crippen LogP contribution in [-0.4, -0.2) is 37.1 Å². The number of hydrogen-bond donors (Lipinski definition) is 1. The minimum Gasteiger partial charge on any atom is -0.350 e. The van der Waals surface area contributed by atoms with Gasteiger partial charge in [0.15, 0.2) is 0 Å². The van der Waals surface area contributed by atoms with E-state index < -0.39 is 9.84 Å². The molecule has 1 fully saturated rings.